The van der Waals surface area contributed by atoms with Crippen LogP contribution < -0.4 is 4.90 Å². The molecule has 1 fully saturated rings. The molecule has 0 aromatic heterocycles. The van der Waals surface area contributed by atoms with Crippen molar-refractivity contribution in [2.45, 2.75) is 44.6 Å². The fourth-order valence-corrected chi connectivity index (χ4v) is 2.67. The first-order valence-electron chi connectivity index (χ1n) is 6.79. The fraction of sp³-hybridized carbons (Fsp3) is 0.467. The van der Waals surface area contributed by atoms with Crippen LogP contribution in [0.25, 0.3) is 0 Å². The number of amides is 1. The predicted molar refractivity (Wildman–Crippen MR) is 73.4 cm³/mol. The van der Waals surface area contributed by atoms with Crippen LogP contribution in [0.15, 0.2) is 24.3 Å². The molecule has 0 spiro atoms. The van der Waals surface area contributed by atoms with Crippen molar-refractivity contribution < 1.29 is 14.7 Å². The van der Waals surface area contributed by atoms with Crippen molar-refractivity contribution in [1.29, 1.82) is 0 Å². The minimum absolute atomic E-state index is 0.246. The van der Waals surface area contributed by atoms with E-state index in [-0.39, 0.29) is 11.6 Å². The van der Waals surface area contributed by atoms with Crippen molar-refractivity contribution in [1.82, 2.24) is 0 Å². The summed E-state index contributed by atoms with van der Waals surface area (Å²) >= 11 is 0. The van der Waals surface area contributed by atoms with Gasteiger partial charge in [-0.15, -0.1) is 0 Å². The zero-order chi connectivity index (χ0) is 13.7. The zero-order valence-corrected chi connectivity index (χ0v) is 10.9. The molecule has 1 aliphatic carbocycles. The number of rotatable bonds is 4. The third-order valence-corrected chi connectivity index (χ3v) is 3.74. The van der Waals surface area contributed by atoms with Gasteiger partial charge in [0.1, 0.15) is 0 Å². The first kappa shape index (κ1) is 13.6. The highest BCUT2D eigenvalue weighted by atomic mass is 16.4. The van der Waals surface area contributed by atoms with Crippen molar-refractivity contribution in [3.63, 3.8) is 0 Å². The smallest absolute Gasteiger partial charge is 0.335 e. The van der Waals surface area contributed by atoms with E-state index in [1.807, 2.05) is 0 Å². The Kier molecular flexibility index (Phi) is 4.55. The third kappa shape index (κ3) is 3.34. The highest BCUT2D eigenvalue weighted by molar-refractivity contribution is 5.88. The molecule has 0 aliphatic heterocycles. The van der Waals surface area contributed by atoms with E-state index < -0.39 is 5.97 Å². The van der Waals surface area contributed by atoms with Crippen LogP contribution in [0.5, 0.6) is 0 Å². The van der Waals surface area contributed by atoms with Gasteiger partial charge in [-0.1, -0.05) is 25.7 Å². The molecule has 19 heavy (non-hydrogen) atoms. The molecule has 1 aliphatic rings. The summed E-state index contributed by atoms with van der Waals surface area (Å²) in [6, 6.07) is 6.76. The number of carbonyl (C=O) groups is 2. The second-order valence-electron chi connectivity index (χ2n) is 5.01. The number of aromatic carboxylic acids is 1. The lowest BCUT2D eigenvalue weighted by Crippen LogP contribution is -2.33. The van der Waals surface area contributed by atoms with Crippen LogP contribution in [0.4, 0.5) is 5.69 Å². The Balaban J connectivity index is 2.15. The van der Waals surface area contributed by atoms with Crippen LogP contribution in [0.2, 0.25) is 0 Å². The lowest BCUT2D eigenvalue weighted by atomic mass is 10.1. The summed E-state index contributed by atoms with van der Waals surface area (Å²) in [6.07, 6.45) is 7.71. The number of carboxylic acids is 1. The summed E-state index contributed by atoms with van der Waals surface area (Å²) in [7, 11) is 0. The number of hydrogen-bond acceptors (Lipinski definition) is 2. The van der Waals surface area contributed by atoms with Gasteiger partial charge < -0.3 is 10.0 Å². The molecule has 1 amide bonds. The van der Waals surface area contributed by atoms with E-state index in [0.29, 0.717) is 0 Å². The first-order valence-corrected chi connectivity index (χ1v) is 6.79. The van der Waals surface area contributed by atoms with Crippen LogP contribution in [0.3, 0.4) is 0 Å². The molecule has 1 N–H and O–H groups in total. The van der Waals surface area contributed by atoms with Gasteiger partial charge in [-0.2, -0.15) is 0 Å². The number of carbonyl (C=O) groups excluding carboxylic acids is 1. The molecule has 0 heterocycles. The number of benzene rings is 1. The Morgan fingerprint density at radius 2 is 1.68 bits per heavy atom. The molecular weight excluding hydrogens is 242 g/mol. The first-order chi connectivity index (χ1) is 9.22. The number of carboxylic acid groups (broad SMARTS) is 1. The van der Waals surface area contributed by atoms with E-state index in [1.54, 1.807) is 29.2 Å². The summed E-state index contributed by atoms with van der Waals surface area (Å²) in [6.45, 7) is 0. The van der Waals surface area contributed by atoms with Crippen LogP contribution in [-0.2, 0) is 4.79 Å². The Morgan fingerprint density at radius 1 is 1.11 bits per heavy atom. The Hall–Kier alpha value is -1.84. The maximum absolute atomic E-state index is 11.3. The van der Waals surface area contributed by atoms with E-state index in [1.165, 1.54) is 12.8 Å². The van der Waals surface area contributed by atoms with Crippen molar-refractivity contribution in [2.75, 3.05) is 4.90 Å². The molecule has 0 atom stereocenters. The zero-order valence-electron chi connectivity index (χ0n) is 10.9. The van der Waals surface area contributed by atoms with E-state index in [9.17, 15) is 9.59 Å². The van der Waals surface area contributed by atoms with Crippen LogP contribution in [0.1, 0.15) is 48.9 Å². The summed E-state index contributed by atoms with van der Waals surface area (Å²) in [5.74, 6) is -0.946. The summed E-state index contributed by atoms with van der Waals surface area (Å²) in [5, 5.41) is 8.87. The predicted octanol–water partition coefficient (Wildman–Crippen LogP) is 3.07. The minimum Gasteiger partial charge on any atom is -0.478 e. The Labute approximate surface area is 113 Å². The quantitative estimate of drug-likeness (QED) is 0.669. The second kappa shape index (κ2) is 6.36. The van der Waals surface area contributed by atoms with Crippen molar-refractivity contribution in [2.24, 2.45) is 0 Å². The molecule has 2 rings (SSSR count). The molecule has 1 aromatic carbocycles. The van der Waals surface area contributed by atoms with Gasteiger partial charge in [-0.05, 0) is 37.1 Å². The van der Waals surface area contributed by atoms with Crippen LogP contribution in [-0.4, -0.2) is 23.5 Å². The molecule has 1 aromatic rings. The van der Waals surface area contributed by atoms with Gasteiger partial charge in [0.25, 0.3) is 0 Å². The van der Waals surface area contributed by atoms with Gasteiger partial charge in [0.05, 0.1) is 5.56 Å². The Bertz CT molecular complexity index is 433. The highest BCUT2D eigenvalue weighted by Gasteiger charge is 2.20. The average molecular weight is 261 g/mol. The van der Waals surface area contributed by atoms with Gasteiger partial charge in [0, 0.05) is 11.7 Å². The summed E-state index contributed by atoms with van der Waals surface area (Å²) < 4.78 is 0. The lowest BCUT2D eigenvalue weighted by Gasteiger charge is -2.27. The average Bonchev–Trinajstić information content (AvgIpc) is 2.69. The van der Waals surface area contributed by atoms with Gasteiger partial charge in [-0.25, -0.2) is 4.79 Å². The van der Waals surface area contributed by atoms with Crippen LogP contribution >= 0.6 is 0 Å². The van der Waals surface area contributed by atoms with E-state index in [4.69, 9.17) is 5.11 Å². The maximum Gasteiger partial charge on any atom is 0.335 e. The molecule has 4 nitrogen and oxygen atoms in total. The lowest BCUT2D eigenvalue weighted by molar-refractivity contribution is -0.107. The third-order valence-electron chi connectivity index (χ3n) is 3.74. The van der Waals surface area contributed by atoms with Gasteiger partial charge in [0.15, 0.2) is 0 Å². The van der Waals surface area contributed by atoms with Crippen molar-refractivity contribution in [3.05, 3.63) is 29.8 Å². The molecule has 1 saturated carbocycles. The largest absolute Gasteiger partial charge is 0.478 e. The SMILES string of the molecule is O=CN(c1ccc(C(=O)O)cc1)C1CCCCCC1. The van der Waals surface area contributed by atoms with Crippen molar-refractivity contribution in [3.8, 4) is 0 Å². The molecule has 0 saturated heterocycles. The molecule has 0 unspecified atom stereocenters. The monoisotopic (exact) mass is 261 g/mol. The van der Waals surface area contributed by atoms with Gasteiger partial charge >= 0.3 is 5.97 Å². The number of hydrogen-bond donors (Lipinski definition) is 1. The maximum atomic E-state index is 11.3. The number of nitrogens with zero attached hydrogens (tertiary/aromatic N) is 1. The Morgan fingerprint density at radius 3 is 2.16 bits per heavy atom. The fourth-order valence-electron chi connectivity index (χ4n) is 2.67. The van der Waals surface area contributed by atoms with E-state index in [0.717, 1.165) is 37.8 Å². The summed E-state index contributed by atoms with van der Waals surface area (Å²) in [5.41, 5.74) is 1.03. The molecule has 102 valence electrons. The van der Waals surface area contributed by atoms with Gasteiger partial charge in [0.2, 0.25) is 6.41 Å². The van der Waals surface area contributed by atoms with Gasteiger partial charge in [-0.3, -0.25) is 4.79 Å². The van der Waals surface area contributed by atoms with Crippen molar-refractivity contribution >= 4 is 18.1 Å². The minimum atomic E-state index is -0.946. The van der Waals surface area contributed by atoms with E-state index in [2.05, 4.69) is 0 Å². The standard InChI is InChI=1S/C15H19NO3/c17-11-16(13-5-3-1-2-4-6-13)14-9-7-12(8-10-14)15(18)19/h7-11,13H,1-6H2,(H,18,19). The molecule has 4 heteroatoms. The normalized spacial score (nSPS) is 16.6. The van der Waals surface area contributed by atoms with E-state index >= 15 is 0 Å². The highest BCUT2D eigenvalue weighted by Crippen LogP contribution is 2.25. The topological polar surface area (TPSA) is 57.6 Å². The molecular formula is C15H19NO3. The van der Waals surface area contributed by atoms with Crippen LogP contribution in [0, 0.1) is 0 Å². The molecule has 0 radical (unpaired) electrons. The summed E-state index contributed by atoms with van der Waals surface area (Å²) in [4.78, 5) is 23.9. The molecule has 0 bridgehead atoms. The number of anilines is 1. The second-order valence-corrected chi connectivity index (χ2v) is 5.01.